The van der Waals surface area contributed by atoms with Gasteiger partial charge < -0.3 is 15.4 Å². The normalized spacial score (nSPS) is 11.0. The summed E-state index contributed by atoms with van der Waals surface area (Å²) in [4.78, 5) is 23.3. The lowest BCUT2D eigenvalue weighted by molar-refractivity contribution is -0.123. The van der Waals surface area contributed by atoms with E-state index < -0.39 is 5.41 Å². The molecule has 0 aliphatic carbocycles. The highest BCUT2D eigenvalue weighted by Gasteiger charge is 2.20. The molecule has 0 spiro atoms. The van der Waals surface area contributed by atoms with Crippen LogP contribution in [-0.4, -0.2) is 25.0 Å². The van der Waals surface area contributed by atoms with Gasteiger partial charge in [0.25, 0.3) is 0 Å². The maximum Gasteiger partial charge on any atom is 0.250 e. The number of anilines is 2. The Morgan fingerprint density at radius 1 is 1.05 bits per heavy atom. The summed E-state index contributed by atoms with van der Waals surface area (Å²) in [5.74, 6) is -0.246. The molecule has 0 aromatic heterocycles. The van der Waals surface area contributed by atoms with Crippen molar-refractivity contribution in [1.29, 1.82) is 0 Å². The van der Waals surface area contributed by atoms with Gasteiger partial charge in [-0.15, -0.1) is 0 Å². The second-order valence-electron chi connectivity index (χ2n) is 5.47. The maximum atomic E-state index is 11.8. The smallest absolute Gasteiger partial charge is 0.250 e. The Hall–Kier alpha value is -1.88. The number of carbonyl (C=O) groups is 2. The van der Waals surface area contributed by atoms with E-state index in [1.165, 1.54) is 0 Å². The summed E-state index contributed by atoms with van der Waals surface area (Å²) in [6.45, 7) is 7.93. The molecule has 2 N–H and O–H groups in total. The Labute approximate surface area is 119 Å². The average Bonchev–Trinajstić information content (AvgIpc) is 2.37. The third-order valence-electron chi connectivity index (χ3n) is 2.54. The standard InChI is InChI=1S/C15H22N2O3/c1-5-20-10-13(18)16-11-6-8-12(9-7-11)17-14(19)15(2,3)4/h6-9H,5,10H2,1-4H3,(H,16,18)(H,17,19). The van der Waals surface area contributed by atoms with E-state index in [0.717, 1.165) is 0 Å². The summed E-state index contributed by atoms with van der Waals surface area (Å²) >= 11 is 0. The third-order valence-corrected chi connectivity index (χ3v) is 2.54. The maximum absolute atomic E-state index is 11.8. The minimum Gasteiger partial charge on any atom is -0.372 e. The van der Waals surface area contributed by atoms with Gasteiger partial charge in [0.1, 0.15) is 6.61 Å². The summed E-state index contributed by atoms with van der Waals surface area (Å²) in [5.41, 5.74) is 0.931. The molecule has 1 rings (SSSR count). The zero-order chi connectivity index (χ0) is 15.2. The van der Waals surface area contributed by atoms with Gasteiger partial charge in [0.05, 0.1) is 0 Å². The molecule has 0 saturated carbocycles. The fourth-order valence-corrected chi connectivity index (χ4v) is 1.35. The van der Waals surface area contributed by atoms with E-state index in [4.69, 9.17) is 4.74 Å². The molecule has 5 heteroatoms. The summed E-state index contributed by atoms with van der Waals surface area (Å²) in [7, 11) is 0. The van der Waals surface area contributed by atoms with E-state index in [1.807, 2.05) is 27.7 Å². The highest BCUT2D eigenvalue weighted by Crippen LogP contribution is 2.18. The minimum absolute atomic E-state index is 0.0407. The molecule has 0 aliphatic heterocycles. The number of hydrogen-bond acceptors (Lipinski definition) is 3. The fraction of sp³-hybridized carbons (Fsp3) is 0.467. The van der Waals surface area contributed by atoms with Gasteiger partial charge >= 0.3 is 0 Å². The fourth-order valence-electron chi connectivity index (χ4n) is 1.35. The van der Waals surface area contributed by atoms with Crippen LogP contribution >= 0.6 is 0 Å². The zero-order valence-electron chi connectivity index (χ0n) is 12.4. The molecule has 5 nitrogen and oxygen atoms in total. The van der Waals surface area contributed by atoms with Gasteiger partial charge in [-0.1, -0.05) is 20.8 Å². The summed E-state index contributed by atoms with van der Waals surface area (Å²) < 4.78 is 5.01. The summed E-state index contributed by atoms with van der Waals surface area (Å²) in [6.07, 6.45) is 0. The van der Waals surface area contributed by atoms with Crippen LogP contribution in [0, 0.1) is 5.41 Å². The Bertz CT molecular complexity index is 461. The second-order valence-corrected chi connectivity index (χ2v) is 5.47. The van der Waals surface area contributed by atoms with E-state index in [0.29, 0.717) is 18.0 Å². The van der Waals surface area contributed by atoms with Crippen molar-refractivity contribution in [1.82, 2.24) is 0 Å². The van der Waals surface area contributed by atoms with Crippen molar-refractivity contribution in [3.63, 3.8) is 0 Å². The molecular formula is C15H22N2O3. The molecule has 0 fully saturated rings. The Morgan fingerprint density at radius 2 is 1.55 bits per heavy atom. The van der Waals surface area contributed by atoms with Crippen LogP contribution in [0.2, 0.25) is 0 Å². The van der Waals surface area contributed by atoms with Gasteiger partial charge in [-0.25, -0.2) is 0 Å². The van der Waals surface area contributed by atoms with Crippen molar-refractivity contribution < 1.29 is 14.3 Å². The van der Waals surface area contributed by atoms with Crippen molar-refractivity contribution in [3.8, 4) is 0 Å². The number of amides is 2. The van der Waals surface area contributed by atoms with Crippen molar-refractivity contribution in [2.45, 2.75) is 27.7 Å². The van der Waals surface area contributed by atoms with Gasteiger partial charge in [0.15, 0.2) is 0 Å². The number of benzene rings is 1. The molecule has 0 radical (unpaired) electrons. The quantitative estimate of drug-likeness (QED) is 0.870. The lowest BCUT2D eigenvalue weighted by atomic mass is 9.95. The van der Waals surface area contributed by atoms with Gasteiger partial charge in [-0.05, 0) is 31.2 Å². The molecule has 1 aromatic carbocycles. The molecule has 2 amide bonds. The molecule has 20 heavy (non-hydrogen) atoms. The van der Waals surface area contributed by atoms with Crippen LogP contribution in [0.3, 0.4) is 0 Å². The molecule has 0 bridgehead atoms. The Balaban J connectivity index is 2.56. The van der Waals surface area contributed by atoms with Crippen LogP contribution in [0.1, 0.15) is 27.7 Å². The van der Waals surface area contributed by atoms with Crippen molar-refractivity contribution in [2.24, 2.45) is 5.41 Å². The number of nitrogens with one attached hydrogen (secondary N) is 2. The summed E-state index contributed by atoms with van der Waals surface area (Å²) in [6, 6.07) is 6.98. The monoisotopic (exact) mass is 278 g/mol. The topological polar surface area (TPSA) is 67.4 Å². The highest BCUT2D eigenvalue weighted by atomic mass is 16.5. The van der Waals surface area contributed by atoms with Crippen LogP contribution in [0.15, 0.2) is 24.3 Å². The van der Waals surface area contributed by atoms with Crippen molar-refractivity contribution >= 4 is 23.2 Å². The van der Waals surface area contributed by atoms with E-state index >= 15 is 0 Å². The molecular weight excluding hydrogens is 256 g/mol. The van der Waals surface area contributed by atoms with E-state index in [1.54, 1.807) is 24.3 Å². The van der Waals surface area contributed by atoms with Crippen LogP contribution in [0.25, 0.3) is 0 Å². The highest BCUT2D eigenvalue weighted by molar-refractivity contribution is 5.95. The molecule has 0 atom stereocenters. The molecule has 0 aliphatic rings. The minimum atomic E-state index is -0.440. The molecule has 1 aromatic rings. The van der Waals surface area contributed by atoms with Gasteiger partial charge in [-0.2, -0.15) is 0 Å². The van der Waals surface area contributed by atoms with Crippen LogP contribution in [-0.2, 0) is 14.3 Å². The summed E-state index contributed by atoms with van der Waals surface area (Å²) in [5, 5.41) is 5.53. The zero-order valence-corrected chi connectivity index (χ0v) is 12.4. The largest absolute Gasteiger partial charge is 0.372 e. The van der Waals surface area contributed by atoms with Crippen molar-refractivity contribution in [3.05, 3.63) is 24.3 Å². The lowest BCUT2D eigenvalue weighted by Gasteiger charge is -2.17. The van der Waals surface area contributed by atoms with Crippen LogP contribution in [0.4, 0.5) is 11.4 Å². The molecule has 0 unspecified atom stereocenters. The van der Waals surface area contributed by atoms with E-state index in [9.17, 15) is 9.59 Å². The lowest BCUT2D eigenvalue weighted by Crippen LogP contribution is -2.27. The molecule has 0 heterocycles. The number of ether oxygens (including phenoxy) is 1. The number of rotatable bonds is 5. The third kappa shape index (κ3) is 5.40. The van der Waals surface area contributed by atoms with Gasteiger partial charge in [0.2, 0.25) is 11.8 Å². The van der Waals surface area contributed by atoms with Gasteiger partial charge in [0, 0.05) is 23.4 Å². The Kier molecular flexibility index (Phi) is 5.70. The molecule has 0 saturated heterocycles. The number of hydrogen-bond donors (Lipinski definition) is 2. The van der Waals surface area contributed by atoms with E-state index in [2.05, 4.69) is 10.6 Å². The first-order valence-corrected chi connectivity index (χ1v) is 6.62. The molecule has 110 valence electrons. The SMILES string of the molecule is CCOCC(=O)Nc1ccc(NC(=O)C(C)(C)C)cc1. The predicted molar refractivity (Wildman–Crippen MR) is 79.6 cm³/mol. The van der Waals surface area contributed by atoms with Crippen LogP contribution in [0.5, 0.6) is 0 Å². The van der Waals surface area contributed by atoms with Gasteiger partial charge in [-0.3, -0.25) is 9.59 Å². The average molecular weight is 278 g/mol. The second kappa shape index (κ2) is 7.05. The Morgan fingerprint density at radius 3 is 2.00 bits per heavy atom. The van der Waals surface area contributed by atoms with Crippen LogP contribution < -0.4 is 10.6 Å². The number of carbonyl (C=O) groups excluding carboxylic acids is 2. The first-order chi connectivity index (χ1) is 9.32. The van der Waals surface area contributed by atoms with E-state index in [-0.39, 0.29) is 18.4 Å². The predicted octanol–water partition coefficient (Wildman–Crippen LogP) is 2.65. The first kappa shape index (κ1) is 16.2. The van der Waals surface area contributed by atoms with Crippen molar-refractivity contribution in [2.75, 3.05) is 23.8 Å². The first-order valence-electron chi connectivity index (χ1n) is 6.62.